The Morgan fingerprint density at radius 3 is 2.43 bits per heavy atom. The van der Waals surface area contributed by atoms with Crippen LogP contribution in [-0.2, 0) is 9.31 Å². The summed E-state index contributed by atoms with van der Waals surface area (Å²) in [6.45, 7) is 7.91. The lowest BCUT2D eigenvalue weighted by Gasteiger charge is -2.32. The number of hydrogen-bond donors (Lipinski definition) is 0. The zero-order valence-corrected chi connectivity index (χ0v) is 12.9. The first-order valence-electron chi connectivity index (χ1n) is 7.30. The molecule has 1 aliphatic heterocycles. The van der Waals surface area contributed by atoms with E-state index in [1.807, 2.05) is 27.7 Å². The number of pyridine rings is 1. The predicted octanol–water partition coefficient (Wildman–Crippen LogP) is 1.73. The molecular formula is C15H20BNO4. The van der Waals surface area contributed by atoms with E-state index >= 15 is 0 Å². The van der Waals surface area contributed by atoms with Gasteiger partial charge in [0.1, 0.15) is 11.4 Å². The van der Waals surface area contributed by atoms with E-state index in [2.05, 4.69) is 4.98 Å². The van der Waals surface area contributed by atoms with Gasteiger partial charge >= 0.3 is 7.12 Å². The molecule has 2 heterocycles. The SMILES string of the molecule is CC1(C)OB(c2cc(OC3CC3)cnc2C=O)OC1(C)C. The second kappa shape index (κ2) is 4.82. The van der Waals surface area contributed by atoms with E-state index < -0.39 is 18.3 Å². The molecule has 6 heteroatoms. The molecule has 3 rings (SSSR count). The van der Waals surface area contributed by atoms with Gasteiger partial charge in [-0.2, -0.15) is 0 Å². The first kappa shape index (κ1) is 14.5. The summed E-state index contributed by atoms with van der Waals surface area (Å²) in [5.41, 5.74) is 0.0505. The van der Waals surface area contributed by atoms with E-state index in [9.17, 15) is 4.79 Å². The van der Waals surface area contributed by atoms with Crippen molar-refractivity contribution in [1.29, 1.82) is 0 Å². The Bertz CT molecular complexity index is 553. The predicted molar refractivity (Wildman–Crippen MR) is 79.0 cm³/mol. The molecule has 0 bridgehead atoms. The molecule has 0 N–H and O–H groups in total. The van der Waals surface area contributed by atoms with Gasteiger partial charge in [0.05, 0.1) is 23.5 Å². The van der Waals surface area contributed by atoms with Crippen molar-refractivity contribution in [2.75, 3.05) is 0 Å². The van der Waals surface area contributed by atoms with E-state index in [-0.39, 0.29) is 6.10 Å². The molecule has 0 aromatic carbocycles. The van der Waals surface area contributed by atoms with Crippen molar-refractivity contribution in [3.8, 4) is 5.75 Å². The minimum atomic E-state index is -0.606. The van der Waals surface area contributed by atoms with Crippen molar-refractivity contribution in [3.05, 3.63) is 18.0 Å². The van der Waals surface area contributed by atoms with Gasteiger partial charge in [-0.1, -0.05) is 0 Å². The monoisotopic (exact) mass is 289 g/mol. The summed E-state index contributed by atoms with van der Waals surface area (Å²) < 4.78 is 17.7. The van der Waals surface area contributed by atoms with Crippen LogP contribution in [0.2, 0.25) is 0 Å². The highest BCUT2D eigenvalue weighted by molar-refractivity contribution is 6.63. The third-order valence-corrected chi connectivity index (χ3v) is 4.37. The van der Waals surface area contributed by atoms with E-state index in [1.54, 1.807) is 12.3 Å². The lowest BCUT2D eigenvalue weighted by molar-refractivity contribution is 0.00578. The van der Waals surface area contributed by atoms with Gasteiger partial charge in [-0.3, -0.25) is 4.79 Å². The molecule has 0 atom stereocenters. The summed E-state index contributed by atoms with van der Waals surface area (Å²) in [4.78, 5) is 15.4. The summed E-state index contributed by atoms with van der Waals surface area (Å²) in [5.74, 6) is 0.660. The highest BCUT2D eigenvalue weighted by Gasteiger charge is 2.52. The number of rotatable bonds is 4. The number of hydrogen-bond acceptors (Lipinski definition) is 5. The van der Waals surface area contributed by atoms with Crippen LogP contribution in [0.3, 0.4) is 0 Å². The Balaban J connectivity index is 1.91. The standard InChI is InChI=1S/C15H20BNO4/c1-14(2)15(3,4)21-16(20-14)12-7-11(19-10-5-6-10)8-17-13(12)9-18/h7-10H,5-6H2,1-4H3. The molecular weight excluding hydrogens is 269 g/mol. The first-order valence-corrected chi connectivity index (χ1v) is 7.30. The van der Waals surface area contributed by atoms with Crippen molar-refractivity contribution in [1.82, 2.24) is 4.98 Å². The van der Waals surface area contributed by atoms with Crippen LogP contribution in [0.5, 0.6) is 5.75 Å². The fraction of sp³-hybridized carbons (Fsp3) is 0.600. The average molecular weight is 289 g/mol. The number of aromatic nitrogens is 1. The molecule has 2 aliphatic rings. The van der Waals surface area contributed by atoms with Crippen LogP contribution >= 0.6 is 0 Å². The molecule has 0 radical (unpaired) electrons. The number of aldehydes is 1. The van der Waals surface area contributed by atoms with Gasteiger partial charge in [-0.15, -0.1) is 0 Å². The lowest BCUT2D eigenvalue weighted by Crippen LogP contribution is -2.41. The Kier molecular flexibility index (Phi) is 3.33. The topological polar surface area (TPSA) is 57.7 Å². The van der Waals surface area contributed by atoms with Crippen molar-refractivity contribution >= 4 is 18.9 Å². The second-order valence-electron chi connectivity index (χ2n) is 6.67. The summed E-state index contributed by atoms with van der Waals surface area (Å²) in [6, 6.07) is 1.80. The smallest absolute Gasteiger partial charge is 0.489 e. The molecule has 0 amide bonds. The molecule has 1 saturated carbocycles. The minimum Gasteiger partial charge on any atom is -0.489 e. The van der Waals surface area contributed by atoms with Crippen LogP contribution in [0, 0.1) is 0 Å². The van der Waals surface area contributed by atoms with Crippen LogP contribution in [0.4, 0.5) is 0 Å². The summed E-state index contributed by atoms with van der Waals surface area (Å²) in [7, 11) is -0.606. The zero-order chi connectivity index (χ0) is 15.3. The van der Waals surface area contributed by atoms with Gasteiger partial charge in [-0.25, -0.2) is 4.98 Å². The molecule has 5 nitrogen and oxygen atoms in total. The molecule has 1 aliphatic carbocycles. The second-order valence-corrected chi connectivity index (χ2v) is 6.67. The van der Waals surface area contributed by atoms with Crippen molar-refractivity contribution < 1.29 is 18.8 Å². The van der Waals surface area contributed by atoms with Crippen LogP contribution in [0.25, 0.3) is 0 Å². The van der Waals surface area contributed by atoms with Gasteiger partial charge < -0.3 is 14.0 Å². The van der Waals surface area contributed by atoms with E-state index in [4.69, 9.17) is 14.0 Å². The maximum atomic E-state index is 11.2. The largest absolute Gasteiger partial charge is 0.497 e. The highest BCUT2D eigenvalue weighted by atomic mass is 16.7. The lowest BCUT2D eigenvalue weighted by atomic mass is 9.78. The number of nitrogens with zero attached hydrogens (tertiary/aromatic N) is 1. The van der Waals surface area contributed by atoms with Crippen molar-refractivity contribution in [3.63, 3.8) is 0 Å². The molecule has 1 saturated heterocycles. The van der Waals surface area contributed by atoms with Gasteiger partial charge in [0.2, 0.25) is 0 Å². The summed E-state index contributed by atoms with van der Waals surface area (Å²) >= 11 is 0. The van der Waals surface area contributed by atoms with Gasteiger partial charge in [0, 0.05) is 5.46 Å². The third-order valence-electron chi connectivity index (χ3n) is 4.37. The summed E-state index contributed by atoms with van der Waals surface area (Å²) in [6.07, 6.45) is 4.72. The molecule has 112 valence electrons. The first-order chi connectivity index (χ1) is 9.82. The molecule has 0 unspecified atom stereocenters. The number of ether oxygens (including phenoxy) is 1. The van der Waals surface area contributed by atoms with Gasteiger partial charge in [-0.05, 0) is 46.6 Å². The maximum Gasteiger partial charge on any atom is 0.497 e. The third kappa shape index (κ3) is 2.70. The molecule has 2 fully saturated rings. The quantitative estimate of drug-likeness (QED) is 0.624. The van der Waals surface area contributed by atoms with Crippen LogP contribution in [-0.4, -0.2) is 35.7 Å². The fourth-order valence-electron chi connectivity index (χ4n) is 2.17. The van der Waals surface area contributed by atoms with Crippen molar-refractivity contribution in [2.45, 2.75) is 57.8 Å². The van der Waals surface area contributed by atoms with Gasteiger partial charge in [0.25, 0.3) is 0 Å². The molecule has 1 aromatic heterocycles. The minimum absolute atomic E-state index is 0.278. The van der Waals surface area contributed by atoms with Gasteiger partial charge in [0.15, 0.2) is 6.29 Å². The number of carbonyl (C=O) groups is 1. The van der Waals surface area contributed by atoms with Crippen molar-refractivity contribution in [2.24, 2.45) is 0 Å². The Morgan fingerprint density at radius 1 is 1.29 bits per heavy atom. The number of carbonyl (C=O) groups excluding carboxylic acids is 1. The van der Waals surface area contributed by atoms with Crippen LogP contribution in [0.15, 0.2) is 12.3 Å². The molecule has 1 aromatic rings. The Hall–Kier alpha value is -1.40. The summed E-state index contributed by atoms with van der Waals surface area (Å²) in [5, 5.41) is 0. The zero-order valence-electron chi connectivity index (χ0n) is 12.9. The molecule has 0 spiro atoms. The fourth-order valence-corrected chi connectivity index (χ4v) is 2.17. The van der Waals surface area contributed by atoms with E-state index in [1.165, 1.54) is 0 Å². The maximum absolute atomic E-state index is 11.2. The highest BCUT2D eigenvalue weighted by Crippen LogP contribution is 2.37. The van der Waals surface area contributed by atoms with E-state index in [0.717, 1.165) is 19.1 Å². The van der Waals surface area contributed by atoms with Crippen LogP contribution < -0.4 is 10.2 Å². The molecule has 21 heavy (non-hydrogen) atoms. The Morgan fingerprint density at radius 2 is 1.90 bits per heavy atom. The average Bonchev–Trinajstić information content (AvgIpc) is 3.17. The van der Waals surface area contributed by atoms with E-state index in [0.29, 0.717) is 16.9 Å². The normalized spacial score (nSPS) is 23.1. The van der Waals surface area contributed by atoms with Crippen LogP contribution in [0.1, 0.15) is 51.0 Å². The Labute approximate surface area is 125 Å².